The lowest BCUT2D eigenvalue weighted by atomic mass is 10.0. The molecule has 0 aromatic rings. The molecular weight excluding hydrogens is 184 g/mol. The standard InChI is InChI=1S/C10H18O4/c1-7-3-14-10(6-11-7)9-4-12-8(2)13-5-9/h7-10H,3-6H2,1-2H3/t7-,8-,9+,10?/m0/s1. The number of hydrogen-bond acceptors (Lipinski definition) is 4. The van der Waals surface area contributed by atoms with Gasteiger partial charge in [0.1, 0.15) is 0 Å². The molecule has 2 rings (SSSR count). The van der Waals surface area contributed by atoms with Crippen molar-refractivity contribution in [1.82, 2.24) is 0 Å². The van der Waals surface area contributed by atoms with Crippen LogP contribution in [0.2, 0.25) is 0 Å². The third-order valence-corrected chi connectivity index (χ3v) is 2.71. The Kier molecular flexibility index (Phi) is 3.38. The van der Waals surface area contributed by atoms with E-state index >= 15 is 0 Å². The van der Waals surface area contributed by atoms with E-state index in [0.717, 1.165) is 0 Å². The Morgan fingerprint density at radius 2 is 1.50 bits per heavy atom. The van der Waals surface area contributed by atoms with Crippen LogP contribution in [0.5, 0.6) is 0 Å². The van der Waals surface area contributed by atoms with Crippen LogP contribution >= 0.6 is 0 Å². The number of rotatable bonds is 1. The third kappa shape index (κ3) is 2.45. The summed E-state index contributed by atoms with van der Waals surface area (Å²) in [5.41, 5.74) is 0. The average Bonchev–Trinajstić information content (AvgIpc) is 2.21. The van der Waals surface area contributed by atoms with Crippen LogP contribution in [0.15, 0.2) is 0 Å². The van der Waals surface area contributed by atoms with E-state index in [1.807, 2.05) is 13.8 Å². The van der Waals surface area contributed by atoms with Gasteiger partial charge >= 0.3 is 0 Å². The first-order valence-corrected chi connectivity index (χ1v) is 5.22. The molecule has 0 amide bonds. The highest BCUT2D eigenvalue weighted by Crippen LogP contribution is 2.20. The van der Waals surface area contributed by atoms with Gasteiger partial charge in [-0.25, -0.2) is 0 Å². The molecule has 82 valence electrons. The molecule has 4 nitrogen and oxygen atoms in total. The maximum atomic E-state index is 5.68. The van der Waals surface area contributed by atoms with E-state index < -0.39 is 0 Å². The molecule has 0 N–H and O–H groups in total. The Morgan fingerprint density at radius 3 is 2.07 bits per heavy atom. The Labute approximate surface area is 84.5 Å². The molecular formula is C10H18O4. The van der Waals surface area contributed by atoms with Gasteiger partial charge in [0.25, 0.3) is 0 Å². The van der Waals surface area contributed by atoms with Crippen LogP contribution in [-0.4, -0.2) is 44.9 Å². The summed E-state index contributed by atoms with van der Waals surface area (Å²) in [6.45, 7) is 6.69. The van der Waals surface area contributed by atoms with E-state index in [2.05, 4.69) is 0 Å². The zero-order valence-electron chi connectivity index (χ0n) is 8.77. The summed E-state index contributed by atoms with van der Waals surface area (Å²) in [5, 5.41) is 0. The highest BCUT2D eigenvalue weighted by atomic mass is 16.7. The second-order valence-electron chi connectivity index (χ2n) is 4.01. The van der Waals surface area contributed by atoms with Gasteiger partial charge in [0.2, 0.25) is 0 Å². The van der Waals surface area contributed by atoms with E-state index in [1.165, 1.54) is 0 Å². The SMILES string of the molecule is C[C@H]1COC([C@H]2CO[C@@H](C)OC2)CO1. The minimum absolute atomic E-state index is 0.0744. The first kappa shape index (κ1) is 10.4. The number of ether oxygens (including phenoxy) is 4. The molecule has 0 aromatic carbocycles. The Hall–Kier alpha value is -0.160. The molecule has 0 radical (unpaired) electrons. The molecule has 2 atom stereocenters. The van der Waals surface area contributed by atoms with Crippen LogP contribution in [0.25, 0.3) is 0 Å². The lowest BCUT2D eigenvalue weighted by Crippen LogP contribution is -2.45. The van der Waals surface area contributed by atoms with Gasteiger partial charge in [0, 0.05) is 5.92 Å². The van der Waals surface area contributed by atoms with Crippen molar-refractivity contribution in [2.75, 3.05) is 26.4 Å². The fourth-order valence-corrected chi connectivity index (χ4v) is 1.72. The summed E-state index contributed by atoms with van der Waals surface area (Å²) in [7, 11) is 0. The van der Waals surface area contributed by atoms with Crippen LogP contribution in [0.1, 0.15) is 13.8 Å². The predicted octanol–water partition coefficient (Wildman–Crippen LogP) is 0.799. The van der Waals surface area contributed by atoms with Gasteiger partial charge < -0.3 is 18.9 Å². The molecule has 14 heavy (non-hydrogen) atoms. The molecule has 1 unspecified atom stereocenters. The van der Waals surface area contributed by atoms with Crippen molar-refractivity contribution in [2.24, 2.45) is 5.92 Å². The molecule has 0 spiro atoms. The fraction of sp³-hybridized carbons (Fsp3) is 1.00. The zero-order chi connectivity index (χ0) is 9.97. The minimum atomic E-state index is -0.0744. The normalized spacial score (nSPS) is 45.0. The quantitative estimate of drug-likeness (QED) is 0.630. The van der Waals surface area contributed by atoms with Crippen LogP contribution in [0.3, 0.4) is 0 Å². The molecule has 2 aliphatic rings. The van der Waals surface area contributed by atoms with Crippen molar-refractivity contribution in [1.29, 1.82) is 0 Å². The van der Waals surface area contributed by atoms with Gasteiger partial charge in [-0.1, -0.05) is 0 Å². The minimum Gasteiger partial charge on any atom is -0.373 e. The summed E-state index contributed by atoms with van der Waals surface area (Å²) < 4.78 is 22.0. The largest absolute Gasteiger partial charge is 0.373 e. The van der Waals surface area contributed by atoms with Crippen LogP contribution in [0.4, 0.5) is 0 Å². The van der Waals surface area contributed by atoms with Crippen LogP contribution < -0.4 is 0 Å². The second kappa shape index (κ2) is 4.57. The van der Waals surface area contributed by atoms with Crippen LogP contribution in [-0.2, 0) is 18.9 Å². The molecule has 0 aromatic heterocycles. The molecule has 2 saturated heterocycles. The lowest BCUT2D eigenvalue weighted by Gasteiger charge is -2.36. The molecule has 0 bridgehead atoms. The second-order valence-corrected chi connectivity index (χ2v) is 4.01. The molecule has 0 saturated carbocycles. The average molecular weight is 202 g/mol. The summed E-state index contributed by atoms with van der Waals surface area (Å²) in [6.07, 6.45) is 0.281. The van der Waals surface area contributed by atoms with Crippen molar-refractivity contribution in [3.63, 3.8) is 0 Å². The van der Waals surface area contributed by atoms with Crippen LogP contribution in [0, 0.1) is 5.92 Å². The van der Waals surface area contributed by atoms with Crippen molar-refractivity contribution < 1.29 is 18.9 Å². The zero-order valence-corrected chi connectivity index (χ0v) is 8.77. The summed E-state index contributed by atoms with van der Waals surface area (Å²) in [6, 6.07) is 0. The highest BCUT2D eigenvalue weighted by molar-refractivity contribution is 4.75. The molecule has 2 heterocycles. The van der Waals surface area contributed by atoms with Gasteiger partial charge in [-0.2, -0.15) is 0 Å². The highest BCUT2D eigenvalue weighted by Gasteiger charge is 2.31. The maximum absolute atomic E-state index is 5.68. The Bertz CT molecular complexity index is 149. The molecule has 0 aliphatic carbocycles. The van der Waals surface area contributed by atoms with E-state index in [1.54, 1.807) is 0 Å². The lowest BCUT2D eigenvalue weighted by molar-refractivity contribution is -0.230. The molecule has 2 fully saturated rings. The van der Waals surface area contributed by atoms with Gasteiger partial charge in [-0.3, -0.25) is 0 Å². The van der Waals surface area contributed by atoms with Crippen molar-refractivity contribution in [2.45, 2.75) is 32.3 Å². The summed E-state index contributed by atoms with van der Waals surface area (Å²) >= 11 is 0. The van der Waals surface area contributed by atoms with Crippen molar-refractivity contribution >= 4 is 0 Å². The maximum Gasteiger partial charge on any atom is 0.154 e. The van der Waals surface area contributed by atoms with Gasteiger partial charge in [-0.05, 0) is 13.8 Å². The smallest absolute Gasteiger partial charge is 0.154 e. The van der Waals surface area contributed by atoms with E-state index in [-0.39, 0.29) is 18.5 Å². The van der Waals surface area contributed by atoms with E-state index in [0.29, 0.717) is 32.3 Å². The van der Waals surface area contributed by atoms with Gasteiger partial charge in [0.05, 0.1) is 38.6 Å². The number of hydrogen-bond donors (Lipinski definition) is 0. The van der Waals surface area contributed by atoms with Gasteiger partial charge in [0.15, 0.2) is 6.29 Å². The van der Waals surface area contributed by atoms with E-state index in [9.17, 15) is 0 Å². The Balaban J connectivity index is 1.78. The Morgan fingerprint density at radius 1 is 0.786 bits per heavy atom. The van der Waals surface area contributed by atoms with Crippen molar-refractivity contribution in [3.05, 3.63) is 0 Å². The monoisotopic (exact) mass is 202 g/mol. The topological polar surface area (TPSA) is 36.9 Å². The van der Waals surface area contributed by atoms with Crippen molar-refractivity contribution in [3.8, 4) is 0 Å². The molecule has 4 heteroatoms. The van der Waals surface area contributed by atoms with E-state index in [4.69, 9.17) is 18.9 Å². The first-order chi connectivity index (χ1) is 6.75. The summed E-state index contributed by atoms with van der Waals surface area (Å²) in [4.78, 5) is 0. The fourth-order valence-electron chi connectivity index (χ4n) is 1.72. The summed E-state index contributed by atoms with van der Waals surface area (Å²) in [5.74, 6) is 0.318. The molecule has 2 aliphatic heterocycles. The predicted molar refractivity (Wildman–Crippen MR) is 50.0 cm³/mol. The third-order valence-electron chi connectivity index (χ3n) is 2.71. The van der Waals surface area contributed by atoms with Gasteiger partial charge in [-0.15, -0.1) is 0 Å². The first-order valence-electron chi connectivity index (χ1n) is 5.22.